The maximum Gasteiger partial charge on any atom is 0.174 e. The Morgan fingerprint density at radius 2 is 1.68 bits per heavy atom. The van der Waals surface area contributed by atoms with Gasteiger partial charge in [-0.25, -0.2) is 0 Å². The van der Waals surface area contributed by atoms with E-state index in [2.05, 4.69) is 25.8 Å². The van der Waals surface area contributed by atoms with Gasteiger partial charge in [0.05, 0.1) is 17.8 Å². The molecule has 0 aliphatic carbocycles. The molecule has 1 aliphatic rings. The Labute approximate surface area is 204 Å². The van der Waals surface area contributed by atoms with Crippen molar-refractivity contribution in [1.82, 2.24) is 14.9 Å². The van der Waals surface area contributed by atoms with E-state index in [1.165, 1.54) is 0 Å². The Morgan fingerprint density at radius 1 is 0.941 bits per heavy atom. The zero-order chi connectivity index (χ0) is 23.7. The van der Waals surface area contributed by atoms with Crippen LogP contribution in [-0.2, 0) is 0 Å². The number of ether oxygens (including phenoxy) is 1. The molecule has 0 unspecified atom stereocenters. The van der Waals surface area contributed by atoms with Gasteiger partial charge in [-0.1, -0.05) is 6.07 Å². The lowest BCUT2D eigenvalue weighted by molar-refractivity contribution is 0.242. The number of thiocarbonyl (C=S) groups is 1. The van der Waals surface area contributed by atoms with Crippen LogP contribution in [0, 0.1) is 0 Å². The molecule has 0 radical (unpaired) electrons. The lowest BCUT2D eigenvalue weighted by atomic mass is 10.0. The van der Waals surface area contributed by atoms with E-state index in [4.69, 9.17) is 17.0 Å². The number of benzene rings is 2. The number of rotatable bonds is 6. The maximum absolute atomic E-state index is 9.77. The second-order valence-electron chi connectivity index (χ2n) is 8.48. The van der Waals surface area contributed by atoms with E-state index in [0.29, 0.717) is 5.11 Å². The summed E-state index contributed by atoms with van der Waals surface area (Å²) in [5.41, 5.74) is 3.89. The third-order valence-electron chi connectivity index (χ3n) is 5.80. The van der Waals surface area contributed by atoms with Crippen molar-refractivity contribution >= 4 is 23.0 Å². The highest BCUT2D eigenvalue weighted by Gasteiger charge is 2.42. The SMILES string of the molecule is CC(C)Oc1ccc(N2C(=S)N[C@@H](c3ccccn3)[C@H]2c2cccn2-c2ccc(O)cc2)cc1. The average Bonchev–Trinajstić information content (AvgIpc) is 3.45. The number of aromatic hydroxyl groups is 1. The third-order valence-corrected chi connectivity index (χ3v) is 6.11. The summed E-state index contributed by atoms with van der Waals surface area (Å²) in [5.74, 6) is 1.06. The minimum atomic E-state index is -0.150. The van der Waals surface area contributed by atoms with Crippen molar-refractivity contribution in [2.75, 3.05) is 4.90 Å². The molecule has 1 saturated heterocycles. The Kier molecular flexibility index (Phi) is 5.94. The van der Waals surface area contributed by atoms with E-state index in [0.717, 1.165) is 28.5 Å². The first-order valence-electron chi connectivity index (χ1n) is 11.3. The minimum Gasteiger partial charge on any atom is -0.508 e. The van der Waals surface area contributed by atoms with Crippen molar-refractivity contribution in [2.45, 2.75) is 32.0 Å². The number of pyridine rings is 1. The third kappa shape index (κ3) is 4.22. The van der Waals surface area contributed by atoms with Crippen LogP contribution < -0.4 is 15.0 Å². The fourth-order valence-electron chi connectivity index (χ4n) is 4.37. The van der Waals surface area contributed by atoms with Gasteiger partial charge in [0.25, 0.3) is 0 Å². The first-order chi connectivity index (χ1) is 16.5. The van der Waals surface area contributed by atoms with Crippen LogP contribution in [0.1, 0.15) is 37.3 Å². The van der Waals surface area contributed by atoms with Gasteiger partial charge in [0.2, 0.25) is 0 Å². The lowest BCUT2D eigenvalue weighted by Gasteiger charge is -2.29. The molecule has 7 heteroatoms. The van der Waals surface area contributed by atoms with Crippen LogP contribution >= 0.6 is 12.2 Å². The molecule has 172 valence electrons. The first-order valence-corrected chi connectivity index (χ1v) is 11.7. The van der Waals surface area contributed by atoms with E-state index in [1.807, 2.05) is 80.7 Å². The topological polar surface area (TPSA) is 62.5 Å². The van der Waals surface area contributed by atoms with E-state index < -0.39 is 0 Å². The second kappa shape index (κ2) is 9.19. The van der Waals surface area contributed by atoms with Gasteiger partial charge >= 0.3 is 0 Å². The Bertz CT molecular complexity index is 1270. The molecule has 1 aliphatic heterocycles. The smallest absolute Gasteiger partial charge is 0.174 e. The van der Waals surface area contributed by atoms with E-state index in [1.54, 1.807) is 18.3 Å². The fraction of sp³-hybridized carbons (Fsp3) is 0.185. The second-order valence-corrected chi connectivity index (χ2v) is 8.86. The maximum atomic E-state index is 9.77. The van der Waals surface area contributed by atoms with Crippen LogP contribution in [0.3, 0.4) is 0 Å². The normalized spacial score (nSPS) is 17.7. The van der Waals surface area contributed by atoms with Gasteiger partial charge in [-0.15, -0.1) is 0 Å². The van der Waals surface area contributed by atoms with Gasteiger partial charge in [0, 0.05) is 29.5 Å². The monoisotopic (exact) mass is 470 g/mol. The molecule has 2 aromatic heterocycles. The van der Waals surface area contributed by atoms with Gasteiger partial charge < -0.3 is 24.6 Å². The molecule has 0 bridgehead atoms. The van der Waals surface area contributed by atoms with Crippen LogP contribution in [0.5, 0.6) is 11.5 Å². The van der Waals surface area contributed by atoms with Gasteiger partial charge in [-0.2, -0.15) is 0 Å². The quantitative estimate of drug-likeness (QED) is 0.361. The summed E-state index contributed by atoms with van der Waals surface area (Å²) in [6.07, 6.45) is 3.93. The number of phenols is 1. The molecule has 1 fully saturated rings. The number of anilines is 1. The van der Waals surface area contributed by atoms with Crippen LogP contribution in [0.4, 0.5) is 5.69 Å². The molecule has 4 aromatic rings. The van der Waals surface area contributed by atoms with Gasteiger partial charge in [0.1, 0.15) is 17.5 Å². The molecule has 2 aromatic carbocycles. The van der Waals surface area contributed by atoms with Crippen LogP contribution in [-0.4, -0.2) is 25.9 Å². The zero-order valence-corrected chi connectivity index (χ0v) is 19.8. The summed E-state index contributed by atoms with van der Waals surface area (Å²) in [6, 6.07) is 25.0. The summed E-state index contributed by atoms with van der Waals surface area (Å²) < 4.78 is 7.96. The summed E-state index contributed by atoms with van der Waals surface area (Å²) in [4.78, 5) is 6.77. The molecular formula is C27H26N4O2S. The molecule has 0 spiro atoms. The van der Waals surface area contributed by atoms with Gasteiger partial charge in [-0.05, 0) is 98.9 Å². The van der Waals surface area contributed by atoms with Crippen molar-refractivity contribution in [2.24, 2.45) is 0 Å². The largest absolute Gasteiger partial charge is 0.508 e. The molecule has 2 atom stereocenters. The lowest BCUT2D eigenvalue weighted by Crippen LogP contribution is -2.30. The van der Waals surface area contributed by atoms with Crippen LogP contribution in [0.2, 0.25) is 0 Å². The number of hydrogen-bond donors (Lipinski definition) is 2. The highest BCUT2D eigenvalue weighted by molar-refractivity contribution is 7.80. The molecule has 2 N–H and O–H groups in total. The molecule has 6 nitrogen and oxygen atoms in total. The Morgan fingerprint density at radius 3 is 2.35 bits per heavy atom. The van der Waals surface area contributed by atoms with E-state index in [-0.39, 0.29) is 23.9 Å². The number of nitrogens with one attached hydrogen (secondary N) is 1. The predicted octanol–water partition coefficient (Wildman–Crippen LogP) is 5.54. The van der Waals surface area contributed by atoms with E-state index in [9.17, 15) is 5.11 Å². The fourth-order valence-corrected chi connectivity index (χ4v) is 4.72. The Hall–Kier alpha value is -3.84. The highest BCUT2D eigenvalue weighted by atomic mass is 32.1. The Balaban J connectivity index is 1.60. The molecule has 3 heterocycles. The number of nitrogens with zero attached hydrogens (tertiary/aromatic N) is 3. The predicted molar refractivity (Wildman–Crippen MR) is 138 cm³/mol. The summed E-state index contributed by atoms with van der Waals surface area (Å²) >= 11 is 5.84. The first kappa shape index (κ1) is 22.0. The van der Waals surface area contributed by atoms with Gasteiger partial charge in [-0.3, -0.25) is 4.98 Å². The summed E-state index contributed by atoms with van der Waals surface area (Å²) in [5, 5.41) is 13.9. The van der Waals surface area contributed by atoms with Crippen molar-refractivity contribution in [3.05, 3.63) is 103 Å². The van der Waals surface area contributed by atoms with Crippen LogP contribution in [0.25, 0.3) is 5.69 Å². The number of phenolic OH excluding ortho intramolecular Hbond substituents is 1. The van der Waals surface area contributed by atoms with Crippen molar-refractivity contribution in [3.63, 3.8) is 0 Å². The van der Waals surface area contributed by atoms with Crippen LogP contribution in [0.15, 0.2) is 91.3 Å². The average molecular weight is 471 g/mol. The zero-order valence-electron chi connectivity index (χ0n) is 19.0. The van der Waals surface area contributed by atoms with Gasteiger partial charge in [0.15, 0.2) is 5.11 Å². The molecule has 34 heavy (non-hydrogen) atoms. The standard InChI is InChI=1S/C27H26N4O2S/c1-18(2)33-22-14-10-20(11-15-22)31-26(25(29-27(31)34)23-6-3-4-16-28-23)24-7-5-17-30(24)19-8-12-21(32)13-9-19/h3-18,25-26,32H,1-2H3,(H,29,34)/t25-,26+/m0/s1. The molecule has 0 saturated carbocycles. The summed E-state index contributed by atoms with van der Waals surface area (Å²) in [7, 11) is 0. The molecular weight excluding hydrogens is 444 g/mol. The number of hydrogen-bond acceptors (Lipinski definition) is 4. The minimum absolute atomic E-state index is 0.107. The van der Waals surface area contributed by atoms with Crippen molar-refractivity contribution < 1.29 is 9.84 Å². The van der Waals surface area contributed by atoms with E-state index >= 15 is 0 Å². The highest BCUT2D eigenvalue weighted by Crippen LogP contribution is 2.42. The molecule has 0 amide bonds. The van der Waals surface area contributed by atoms with Crippen molar-refractivity contribution in [3.8, 4) is 17.2 Å². The number of aromatic nitrogens is 2. The summed E-state index contributed by atoms with van der Waals surface area (Å²) in [6.45, 7) is 4.02. The molecule has 5 rings (SSSR count). The van der Waals surface area contributed by atoms with Crippen molar-refractivity contribution in [1.29, 1.82) is 0 Å².